The van der Waals surface area contributed by atoms with Gasteiger partial charge in [0, 0.05) is 19.8 Å². The van der Waals surface area contributed by atoms with Crippen LogP contribution in [0.15, 0.2) is 12.4 Å². The highest BCUT2D eigenvalue weighted by atomic mass is 16.4. The first-order chi connectivity index (χ1) is 7.09. The van der Waals surface area contributed by atoms with Crippen LogP contribution >= 0.6 is 0 Å². The van der Waals surface area contributed by atoms with Crippen molar-refractivity contribution in [3.8, 4) is 0 Å². The molecule has 0 bridgehead atoms. The molecule has 1 fully saturated rings. The number of likely N-dealkylation sites (N-methyl/N-ethyl adjacent to an activating group) is 1. The van der Waals surface area contributed by atoms with Crippen LogP contribution in [-0.2, 0) is 4.79 Å². The summed E-state index contributed by atoms with van der Waals surface area (Å²) in [6, 6.07) is -0.344. The molecule has 1 saturated heterocycles. The van der Waals surface area contributed by atoms with Crippen molar-refractivity contribution in [1.82, 2.24) is 14.7 Å². The van der Waals surface area contributed by atoms with Crippen LogP contribution in [-0.4, -0.2) is 45.3 Å². The second-order valence-electron chi connectivity index (χ2n) is 3.58. The maximum Gasteiger partial charge on any atom is 0.338 e. The SMILES string of the molecule is CN1CCC(n2cc(C(=O)O)cn2)C1=O. The zero-order valence-corrected chi connectivity index (χ0v) is 8.25. The summed E-state index contributed by atoms with van der Waals surface area (Å²) in [5.74, 6) is -1.05. The molecule has 0 saturated carbocycles. The number of amides is 1. The standard InChI is InChI=1S/C9H11N3O3/c1-11-3-2-7(8(11)13)12-5-6(4-10-12)9(14)15/h4-5,7H,2-3H2,1H3,(H,14,15). The number of aromatic carboxylic acids is 1. The predicted octanol–water partition coefficient (Wildman–Crippen LogP) is -0.0155. The van der Waals surface area contributed by atoms with Crippen molar-refractivity contribution in [2.45, 2.75) is 12.5 Å². The zero-order valence-electron chi connectivity index (χ0n) is 8.25. The number of carboxylic acid groups (broad SMARTS) is 1. The Morgan fingerprint density at radius 3 is 2.87 bits per heavy atom. The van der Waals surface area contributed by atoms with Crippen LogP contribution in [0.25, 0.3) is 0 Å². The van der Waals surface area contributed by atoms with Gasteiger partial charge in [-0.05, 0) is 6.42 Å². The lowest BCUT2D eigenvalue weighted by atomic mass is 10.2. The molecule has 2 rings (SSSR count). The van der Waals surface area contributed by atoms with Gasteiger partial charge in [-0.15, -0.1) is 0 Å². The summed E-state index contributed by atoms with van der Waals surface area (Å²) in [7, 11) is 1.73. The van der Waals surface area contributed by atoms with E-state index in [1.807, 2.05) is 0 Å². The molecule has 1 aromatic rings. The van der Waals surface area contributed by atoms with Gasteiger partial charge < -0.3 is 10.0 Å². The monoisotopic (exact) mass is 209 g/mol. The van der Waals surface area contributed by atoms with Crippen LogP contribution in [0.3, 0.4) is 0 Å². The van der Waals surface area contributed by atoms with E-state index in [4.69, 9.17) is 5.11 Å². The molecule has 6 heteroatoms. The molecule has 2 heterocycles. The fourth-order valence-corrected chi connectivity index (χ4v) is 1.67. The molecule has 15 heavy (non-hydrogen) atoms. The van der Waals surface area contributed by atoms with Crippen LogP contribution in [0.1, 0.15) is 22.8 Å². The van der Waals surface area contributed by atoms with Gasteiger partial charge in [-0.3, -0.25) is 9.48 Å². The number of hydrogen-bond acceptors (Lipinski definition) is 3. The second kappa shape index (κ2) is 3.38. The predicted molar refractivity (Wildman–Crippen MR) is 50.5 cm³/mol. The van der Waals surface area contributed by atoms with Crippen molar-refractivity contribution in [2.75, 3.05) is 13.6 Å². The van der Waals surface area contributed by atoms with Gasteiger partial charge in [0.2, 0.25) is 5.91 Å². The van der Waals surface area contributed by atoms with E-state index in [0.29, 0.717) is 13.0 Å². The van der Waals surface area contributed by atoms with Gasteiger partial charge in [0.05, 0.1) is 11.8 Å². The van der Waals surface area contributed by atoms with Crippen molar-refractivity contribution in [3.05, 3.63) is 18.0 Å². The van der Waals surface area contributed by atoms with E-state index in [0.717, 1.165) is 0 Å². The third-order valence-electron chi connectivity index (χ3n) is 2.57. The van der Waals surface area contributed by atoms with E-state index in [-0.39, 0.29) is 17.5 Å². The molecule has 1 aliphatic heterocycles. The Morgan fingerprint density at radius 2 is 2.40 bits per heavy atom. The van der Waals surface area contributed by atoms with Gasteiger partial charge in [0.1, 0.15) is 6.04 Å². The molecule has 1 atom stereocenters. The lowest BCUT2D eigenvalue weighted by molar-refractivity contribution is -0.129. The molecular formula is C9H11N3O3. The Balaban J connectivity index is 2.23. The highest BCUT2D eigenvalue weighted by Crippen LogP contribution is 2.21. The summed E-state index contributed by atoms with van der Waals surface area (Å²) in [6.07, 6.45) is 3.33. The molecule has 1 aliphatic rings. The largest absolute Gasteiger partial charge is 0.478 e. The quantitative estimate of drug-likeness (QED) is 0.743. The Kier molecular flexibility index (Phi) is 2.18. The molecule has 1 aromatic heterocycles. The van der Waals surface area contributed by atoms with E-state index in [1.165, 1.54) is 17.1 Å². The van der Waals surface area contributed by atoms with E-state index in [1.54, 1.807) is 11.9 Å². The minimum Gasteiger partial charge on any atom is -0.478 e. The summed E-state index contributed by atoms with van der Waals surface area (Å²) in [5, 5.41) is 12.6. The smallest absolute Gasteiger partial charge is 0.338 e. The van der Waals surface area contributed by atoms with E-state index in [2.05, 4.69) is 5.10 Å². The summed E-state index contributed by atoms with van der Waals surface area (Å²) >= 11 is 0. The van der Waals surface area contributed by atoms with Gasteiger partial charge in [-0.2, -0.15) is 5.10 Å². The lowest BCUT2D eigenvalue weighted by Gasteiger charge is -2.09. The fraction of sp³-hybridized carbons (Fsp3) is 0.444. The number of nitrogens with zero attached hydrogens (tertiary/aromatic N) is 3. The number of likely N-dealkylation sites (tertiary alicyclic amines) is 1. The molecule has 1 unspecified atom stereocenters. The maximum atomic E-state index is 11.6. The molecule has 0 aliphatic carbocycles. The molecule has 0 radical (unpaired) electrons. The minimum atomic E-state index is -1.03. The third kappa shape index (κ3) is 1.58. The second-order valence-corrected chi connectivity index (χ2v) is 3.58. The van der Waals surface area contributed by atoms with Gasteiger partial charge in [0.15, 0.2) is 0 Å². The average molecular weight is 209 g/mol. The van der Waals surface area contributed by atoms with Crippen molar-refractivity contribution in [2.24, 2.45) is 0 Å². The summed E-state index contributed by atoms with van der Waals surface area (Å²) in [6.45, 7) is 0.686. The van der Waals surface area contributed by atoms with E-state index >= 15 is 0 Å². The summed E-state index contributed by atoms with van der Waals surface area (Å²) in [4.78, 5) is 23.8. The maximum absolute atomic E-state index is 11.6. The van der Waals surface area contributed by atoms with Crippen LogP contribution in [0.2, 0.25) is 0 Å². The average Bonchev–Trinajstić information content (AvgIpc) is 2.76. The number of carbonyl (C=O) groups excluding carboxylic acids is 1. The first-order valence-electron chi connectivity index (χ1n) is 4.62. The van der Waals surface area contributed by atoms with Crippen molar-refractivity contribution in [1.29, 1.82) is 0 Å². The Bertz CT molecular complexity index is 412. The number of aromatic nitrogens is 2. The normalized spacial score (nSPS) is 21.0. The molecule has 80 valence electrons. The number of rotatable bonds is 2. The first kappa shape index (κ1) is 9.70. The summed E-state index contributed by atoms with van der Waals surface area (Å²) in [5.41, 5.74) is 0.109. The summed E-state index contributed by atoms with van der Waals surface area (Å²) < 4.78 is 1.43. The van der Waals surface area contributed by atoms with Crippen molar-refractivity contribution < 1.29 is 14.7 Å². The molecule has 6 nitrogen and oxygen atoms in total. The van der Waals surface area contributed by atoms with Crippen molar-refractivity contribution >= 4 is 11.9 Å². The number of carbonyl (C=O) groups is 2. The number of hydrogen-bond donors (Lipinski definition) is 1. The highest BCUT2D eigenvalue weighted by molar-refractivity contribution is 5.87. The third-order valence-corrected chi connectivity index (χ3v) is 2.57. The van der Waals surface area contributed by atoms with Crippen LogP contribution in [0.4, 0.5) is 0 Å². The van der Waals surface area contributed by atoms with Gasteiger partial charge in [-0.25, -0.2) is 4.79 Å². The van der Waals surface area contributed by atoms with Gasteiger partial charge in [-0.1, -0.05) is 0 Å². The van der Waals surface area contributed by atoms with Crippen LogP contribution in [0.5, 0.6) is 0 Å². The molecular weight excluding hydrogens is 198 g/mol. The topological polar surface area (TPSA) is 75.4 Å². The van der Waals surface area contributed by atoms with Gasteiger partial charge >= 0.3 is 5.97 Å². The molecule has 1 amide bonds. The Labute approximate surface area is 86.1 Å². The van der Waals surface area contributed by atoms with Crippen LogP contribution < -0.4 is 0 Å². The first-order valence-corrected chi connectivity index (χ1v) is 4.62. The number of carboxylic acids is 1. The van der Waals surface area contributed by atoms with E-state index < -0.39 is 5.97 Å². The molecule has 0 aromatic carbocycles. The minimum absolute atomic E-state index is 0.0185. The highest BCUT2D eigenvalue weighted by Gasteiger charge is 2.31. The lowest BCUT2D eigenvalue weighted by Crippen LogP contribution is -2.24. The van der Waals surface area contributed by atoms with Crippen LogP contribution in [0, 0.1) is 0 Å². The molecule has 1 N–H and O–H groups in total. The van der Waals surface area contributed by atoms with Crippen molar-refractivity contribution in [3.63, 3.8) is 0 Å². The fourth-order valence-electron chi connectivity index (χ4n) is 1.67. The Morgan fingerprint density at radius 1 is 1.67 bits per heavy atom. The zero-order chi connectivity index (χ0) is 11.0. The Hall–Kier alpha value is -1.85. The van der Waals surface area contributed by atoms with E-state index in [9.17, 15) is 9.59 Å². The van der Waals surface area contributed by atoms with Gasteiger partial charge in [0.25, 0.3) is 0 Å². The molecule has 0 spiro atoms.